The molecule has 1 rings (SSSR count). The van der Waals surface area contributed by atoms with Gasteiger partial charge in [-0.3, -0.25) is 4.79 Å². The SMILES string of the molecule is [C-]#[N+]CC(=O)Nc1ccc(C)cc1N. The first kappa shape index (κ1) is 10.1. The summed E-state index contributed by atoms with van der Waals surface area (Å²) in [6.07, 6.45) is 0. The number of carbonyl (C=O) groups is 1. The summed E-state index contributed by atoms with van der Waals surface area (Å²) in [5.74, 6) is -0.337. The average molecular weight is 189 g/mol. The van der Waals surface area contributed by atoms with E-state index in [1.807, 2.05) is 13.0 Å². The minimum absolute atomic E-state index is 0.173. The Morgan fingerprint density at radius 3 is 2.93 bits per heavy atom. The Morgan fingerprint density at radius 2 is 2.36 bits per heavy atom. The second-order valence-corrected chi connectivity index (χ2v) is 2.96. The first-order valence-corrected chi connectivity index (χ1v) is 4.12. The van der Waals surface area contributed by atoms with Gasteiger partial charge in [0.15, 0.2) is 0 Å². The van der Waals surface area contributed by atoms with Crippen molar-refractivity contribution in [2.24, 2.45) is 0 Å². The monoisotopic (exact) mass is 189 g/mol. The Morgan fingerprint density at radius 1 is 1.64 bits per heavy atom. The zero-order valence-electron chi connectivity index (χ0n) is 7.87. The number of nitrogens with zero attached hydrogens (tertiary/aromatic N) is 1. The molecule has 0 unspecified atom stereocenters. The molecule has 0 bridgehead atoms. The van der Waals surface area contributed by atoms with E-state index in [1.165, 1.54) is 0 Å². The number of benzene rings is 1. The molecule has 0 aliphatic heterocycles. The van der Waals surface area contributed by atoms with Gasteiger partial charge in [0.2, 0.25) is 0 Å². The molecule has 1 aromatic carbocycles. The molecule has 0 radical (unpaired) electrons. The van der Waals surface area contributed by atoms with Crippen molar-refractivity contribution in [1.29, 1.82) is 0 Å². The lowest BCUT2D eigenvalue weighted by molar-refractivity contribution is -0.114. The number of nitrogen functional groups attached to an aromatic ring is 1. The number of hydrogen-bond donors (Lipinski definition) is 2. The topological polar surface area (TPSA) is 59.5 Å². The van der Waals surface area contributed by atoms with Crippen molar-refractivity contribution < 1.29 is 4.79 Å². The van der Waals surface area contributed by atoms with Crippen molar-refractivity contribution in [3.63, 3.8) is 0 Å². The summed E-state index contributed by atoms with van der Waals surface area (Å²) in [7, 11) is 0. The number of carbonyl (C=O) groups excluding carboxylic acids is 1. The molecule has 0 heterocycles. The third-order valence-electron chi connectivity index (χ3n) is 1.70. The molecule has 0 spiro atoms. The molecule has 4 heteroatoms. The molecule has 0 fully saturated rings. The predicted octanol–water partition coefficient (Wildman–Crippen LogP) is 1.44. The lowest BCUT2D eigenvalue weighted by atomic mass is 10.2. The van der Waals surface area contributed by atoms with Crippen LogP contribution in [0, 0.1) is 13.5 Å². The van der Waals surface area contributed by atoms with Crippen LogP contribution >= 0.6 is 0 Å². The van der Waals surface area contributed by atoms with Crippen LogP contribution in [-0.4, -0.2) is 12.5 Å². The van der Waals surface area contributed by atoms with Gasteiger partial charge in [-0.2, -0.15) is 0 Å². The third-order valence-corrected chi connectivity index (χ3v) is 1.70. The summed E-state index contributed by atoms with van der Waals surface area (Å²) in [6.45, 7) is 8.26. The number of aryl methyl sites for hydroxylation is 1. The van der Waals surface area contributed by atoms with Crippen LogP contribution < -0.4 is 11.1 Å². The van der Waals surface area contributed by atoms with E-state index in [0.717, 1.165) is 5.56 Å². The summed E-state index contributed by atoms with van der Waals surface area (Å²) in [4.78, 5) is 14.0. The van der Waals surface area contributed by atoms with Gasteiger partial charge in [-0.1, -0.05) is 6.07 Å². The molecule has 0 atom stereocenters. The largest absolute Gasteiger partial charge is 0.397 e. The van der Waals surface area contributed by atoms with Gasteiger partial charge in [0.05, 0.1) is 11.4 Å². The Balaban J connectivity index is 2.78. The highest BCUT2D eigenvalue weighted by Gasteiger charge is 2.06. The van der Waals surface area contributed by atoms with Crippen LogP contribution in [0.25, 0.3) is 4.85 Å². The van der Waals surface area contributed by atoms with Gasteiger partial charge in [0.25, 0.3) is 6.54 Å². The predicted molar refractivity (Wildman–Crippen MR) is 55.7 cm³/mol. The lowest BCUT2D eigenvalue weighted by Gasteiger charge is -2.05. The molecule has 0 saturated carbocycles. The third kappa shape index (κ3) is 2.49. The Labute approximate surface area is 82.5 Å². The molecular weight excluding hydrogens is 178 g/mol. The molecule has 4 nitrogen and oxygen atoms in total. The van der Waals surface area contributed by atoms with Crippen molar-refractivity contribution >= 4 is 17.3 Å². The maximum atomic E-state index is 11.1. The lowest BCUT2D eigenvalue weighted by Crippen LogP contribution is -2.14. The van der Waals surface area contributed by atoms with Gasteiger partial charge >= 0.3 is 5.91 Å². The molecular formula is C10H11N3O. The second-order valence-electron chi connectivity index (χ2n) is 2.96. The highest BCUT2D eigenvalue weighted by Crippen LogP contribution is 2.18. The highest BCUT2D eigenvalue weighted by atomic mass is 16.1. The number of hydrogen-bond acceptors (Lipinski definition) is 2. The van der Waals surface area contributed by atoms with Gasteiger partial charge in [-0.05, 0) is 24.6 Å². The first-order chi connectivity index (χ1) is 6.63. The van der Waals surface area contributed by atoms with E-state index in [-0.39, 0.29) is 12.5 Å². The fourth-order valence-electron chi connectivity index (χ4n) is 1.06. The fraction of sp³-hybridized carbons (Fsp3) is 0.200. The second kappa shape index (κ2) is 4.28. The zero-order valence-corrected chi connectivity index (χ0v) is 7.87. The first-order valence-electron chi connectivity index (χ1n) is 4.12. The number of nitrogens with one attached hydrogen (secondary N) is 1. The zero-order chi connectivity index (χ0) is 10.6. The quantitative estimate of drug-likeness (QED) is 0.546. The molecule has 0 saturated heterocycles. The summed E-state index contributed by atoms with van der Waals surface area (Å²) < 4.78 is 0. The van der Waals surface area contributed by atoms with Gasteiger partial charge in [0.1, 0.15) is 0 Å². The van der Waals surface area contributed by atoms with Crippen LogP contribution in [0.2, 0.25) is 0 Å². The van der Waals surface area contributed by atoms with Crippen molar-refractivity contribution in [2.45, 2.75) is 6.92 Å². The molecule has 3 N–H and O–H groups in total. The number of anilines is 2. The van der Waals surface area contributed by atoms with E-state index >= 15 is 0 Å². The van der Waals surface area contributed by atoms with Crippen LogP contribution in [0.15, 0.2) is 18.2 Å². The van der Waals surface area contributed by atoms with Crippen molar-refractivity contribution in [3.8, 4) is 0 Å². The molecule has 0 aliphatic carbocycles. The maximum absolute atomic E-state index is 11.1. The smallest absolute Gasteiger partial charge is 0.304 e. The van der Waals surface area contributed by atoms with Gasteiger partial charge in [-0.15, -0.1) is 0 Å². The molecule has 1 aromatic rings. The Bertz CT molecular complexity index is 393. The maximum Gasteiger partial charge on any atom is 0.304 e. The molecule has 1 amide bonds. The van der Waals surface area contributed by atoms with Gasteiger partial charge in [-0.25, -0.2) is 6.57 Å². The van der Waals surface area contributed by atoms with Gasteiger partial charge in [0, 0.05) is 0 Å². The van der Waals surface area contributed by atoms with E-state index in [0.29, 0.717) is 11.4 Å². The normalized spacial score (nSPS) is 9.14. The summed E-state index contributed by atoms with van der Waals surface area (Å²) >= 11 is 0. The molecule has 72 valence electrons. The Hall–Kier alpha value is -2.02. The molecule has 0 aromatic heterocycles. The molecule has 14 heavy (non-hydrogen) atoms. The standard InChI is InChI=1S/C10H11N3O/c1-7-3-4-9(8(11)5-7)13-10(14)6-12-2/h3-5H,6,11H2,1H3,(H,13,14). The minimum atomic E-state index is -0.337. The van der Waals surface area contributed by atoms with E-state index in [1.54, 1.807) is 12.1 Å². The minimum Gasteiger partial charge on any atom is -0.397 e. The number of amides is 1. The van der Waals surface area contributed by atoms with Crippen LogP contribution in [0.4, 0.5) is 11.4 Å². The average Bonchev–Trinajstić information content (AvgIpc) is 2.10. The summed E-state index contributed by atoms with van der Waals surface area (Å²) in [5, 5.41) is 2.56. The van der Waals surface area contributed by atoms with E-state index in [4.69, 9.17) is 12.3 Å². The van der Waals surface area contributed by atoms with Crippen LogP contribution in [0.1, 0.15) is 5.56 Å². The van der Waals surface area contributed by atoms with Crippen molar-refractivity contribution in [1.82, 2.24) is 0 Å². The number of nitrogens with two attached hydrogens (primary N) is 1. The van der Waals surface area contributed by atoms with Crippen LogP contribution in [0.5, 0.6) is 0 Å². The van der Waals surface area contributed by atoms with E-state index in [9.17, 15) is 4.79 Å². The van der Waals surface area contributed by atoms with Crippen LogP contribution in [0.3, 0.4) is 0 Å². The highest BCUT2D eigenvalue weighted by molar-refractivity contribution is 5.95. The van der Waals surface area contributed by atoms with Crippen molar-refractivity contribution in [2.75, 3.05) is 17.6 Å². The van der Waals surface area contributed by atoms with Gasteiger partial charge < -0.3 is 15.9 Å². The fourth-order valence-corrected chi connectivity index (χ4v) is 1.06. The van der Waals surface area contributed by atoms with E-state index < -0.39 is 0 Å². The number of rotatable bonds is 2. The van der Waals surface area contributed by atoms with E-state index in [2.05, 4.69) is 10.2 Å². The van der Waals surface area contributed by atoms with Crippen molar-refractivity contribution in [3.05, 3.63) is 35.2 Å². The molecule has 0 aliphatic rings. The van der Waals surface area contributed by atoms with Crippen LogP contribution in [-0.2, 0) is 4.79 Å². The Kier molecular flexibility index (Phi) is 3.08. The summed E-state index contributed by atoms with van der Waals surface area (Å²) in [6, 6.07) is 5.35. The summed E-state index contributed by atoms with van der Waals surface area (Å²) in [5.41, 5.74) is 7.78.